The zero-order chi connectivity index (χ0) is 25.5. The quantitative estimate of drug-likeness (QED) is 0.184. The first-order chi connectivity index (χ1) is 17.4. The second-order valence-corrected chi connectivity index (χ2v) is 9.71. The van der Waals surface area contributed by atoms with E-state index in [0.717, 1.165) is 18.4 Å². The fraction of sp³-hybridized carbons (Fsp3) is 0.250. The zero-order valence-electron chi connectivity index (χ0n) is 19.8. The van der Waals surface area contributed by atoms with E-state index in [1.54, 1.807) is 48.7 Å². The number of hydrogen-bond donors (Lipinski definition) is 3. The third kappa shape index (κ3) is 6.86. The van der Waals surface area contributed by atoms with E-state index in [-0.39, 0.29) is 17.9 Å². The minimum atomic E-state index is -0.328. The Bertz CT molecular complexity index is 1270. The van der Waals surface area contributed by atoms with Gasteiger partial charge in [-0.3, -0.25) is 14.6 Å². The average molecular weight is 523 g/mol. The summed E-state index contributed by atoms with van der Waals surface area (Å²) in [7, 11) is 0. The largest absolute Gasteiger partial charge is 0.397 e. The second kappa shape index (κ2) is 12.1. The lowest BCUT2D eigenvalue weighted by Crippen LogP contribution is -2.34. The molecule has 1 aliphatic carbocycles. The van der Waals surface area contributed by atoms with Crippen LogP contribution in [0.1, 0.15) is 64.8 Å². The molecule has 0 unspecified atom stereocenters. The topological polar surface area (TPSA) is 96.6 Å². The molecule has 0 atom stereocenters. The number of nitrogens with zero attached hydrogens (tertiary/aromatic N) is 1. The predicted octanol–water partition coefficient (Wildman–Crippen LogP) is 7.03. The van der Waals surface area contributed by atoms with E-state index in [4.69, 9.17) is 28.9 Å². The first kappa shape index (κ1) is 25.7. The number of hydrogen-bond acceptors (Lipinski definition) is 4. The minimum absolute atomic E-state index is 0.0416. The van der Waals surface area contributed by atoms with E-state index in [1.807, 2.05) is 12.1 Å². The number of nitrogen functional groups attached to an aromatic ring is 1. The lowest BCUT2D eigenvalue weighted by Gasteiger charge is -2.16. The molecule has 0 saturated heterocycles. The molecular weight excluding hydrogens is 495 g/mol. The highest BCUT2D eigenvalue weighted by molar-refractivity contribution is 6.42. The second-order valence-electron chi connectivity index (χ2n) is 8.90. The van der Waals surface area contributed by atoms with Crippen molar-refractivity contribution in [2.24, 2.45) is 4.99 Å². The highest BCUT2D eigenvalue weighted by atomic mass is 35.5. The summed E-state index contributed by atoms with van der Waals surface area (Å²) in [6.45, 7) is 0. The van der Waals surface area contributed by atoms with Gasteiger partial charge in [0.25, 0.3) is 11.8 Å². The Labute approximate surface area is 220 Å². The monoisotopic (exact) mass is 522 g/mol. The molecule has 0 aliphatic heterocycles. The van der Waals surface area contributed by atoms with Gasteiger partial charge in [0.15, 0.2) is 0 Å². The summed E-state index contributed by atoms with van der Waals surface area (Å²) in [5, 5.41) is 6.66. The minimum Gasteiger partial charge on any atom is -0.397 e. The van der Waals surface area contributed by atoms with Gasteiger partial charge in [-0.2, -0.15) is 0 Å². The maximum atomic E-state index is 12.6. The summed E-state index contributed by atoms with van der Waals surface area (Å²) in [6.07, 6.45) is 8.60. The van der Waals surface area contributed by atoms with Crippen LogP contribution in [-0.2, 0) is 0 Å². The Morgan fingerprint density at radius 1 is 0.833 bits per heavy atom. The molecule has 0 bridgehead atoms. The highest BCUT2D eigenvalue weighted by Crippen LogP contribution is 2.27. The maximum Gasteiger partial charge on any atom is 0.255 e. The Hall–Kier alpha value is -3.35. The van der Waals surface area contributed by atoms with Crippen molar-refractivity contribution in [3.8, 4) is 0 Å². The van der Waals surface area contributed by atoms with E-state index in [1.165, 1.54) is 31.7 Å². The molecule has 8 heteroatoms. The number of rotatable bonds is 6. The van der Waals surface area contributed by atoms with Gasteiger partial charge in [0.1, 0.15) is 0 Å². The van der Waals surface area contributed by atoms with Crippen LogP contribution in [0.15, 0.2) is 65.7 Å². The summed E-state index contributed by atoms with van der Waals surface area (Å²) in [5.41, 5.74) is 9.44. The number of aliphatic imine (C=N–C) groups is 1. The van der Waals surface area contributed by atoms with Crippen LogP contribution >= 0.6 is 23.2 Å². The summed E-state index contributed by atoms with van der Waals surface area (Å²) in [6, 6.07) is 17.3. The Kier molecular flexibility index (Phi) is 8.62. The van der Waals surface area contributed by atoms with E-state index in [2.05, 4.69) is 15.6 Å². The van der Waals surface area contributed by atoms with Crippen molar-refractivity contribution in [1.29, 1.82) is 0 Å². The summed E-state index contributed by atoms with van der Waals surface area (Å²) in [5.74, 6) is -0.369. The normalized spacial score (nSPS) is 14.4. The van der Waals surface area contributed by atoms with Gasteiger partial charge >= 0.3 is 0 Å². The smallest absolute Gasteiger partial charge is 0.255 e. The number of amides is 2. The standard InChI is InChI=1S/C28H28Cl2N4O2/c29-23-13-11-20(15-24(23)30)28(36)34-22-12-14-25(31)26(16-22)32-17-18-7-9-19(10-8-18)27(35)33-21-5-3-1-2-4-6-21/h7-17,21H,1-6,31H2,(H,33,35)(H,34,36). The van der Waals surface area contributed by atoms with Gasteiger partial charge in [-0.1, -0.05) is 61.0 Å². The van der Waals surface area contributed by atoms with Gasteiger partial charge in [0.2, 0.25) is 0 Å². The molecule has 0 spiro atoms. The Balaban J connectivity index is 1.40. The van der Waals surface area contributed by atoms with E-state index in [9.17, 15) is 9.59 Å². The van der Waals surface area contributed by atoms with E-state index >= 15 is 0 Å². The third-order valence-corrected chi connectivity index (χ3v) is 6.93. The summed E-state index contributed by atoms with van der Waals surface area (Å²) >= 11 is 11.9. The van der Waals surface area contributed by atoms with E-state index in [0.29, 0.717) is 38.2 Å². The van der Waals surface area contributed by atoms with Gasteiger partial charge in [-0.15, -0.1) is 0 Å². The molecule has 6 nitrogen and oxygen atoms in total. The molecule has 3 aromatic rings. The van der Waals surface area contributed by atoms with Crippen LogP contribution < -0.4 is 16.4 Å². The number of benzene rings is 3. The molecule has 0 heterocycles. The van der Waals surface area contributed by atoms with Crippen LogP contribution in [0.3, 0.4) is 0 Å². The SMILES string of the molecule is Nc1ccc(NC(=O)c2ccc(Cl)c(Cl)c2)cc1N=Cc1ccc(C(=O)NC2CCCCCC2)cc1. The molecule has 0 aromatic heterocycles. The van der Waals surface area contributed by atoms with Crippen LogP contribution in [0.5, 0.6) is 0 Å². The van der Waals surface area contributed by atoms with Crippen molar-refractivity contribution in [2.75, 3.05) is 11.1 Å². The molecular formula is C28H28Cl2N4O2. The zero-order valence-corrected chi connectivity index (χ0v) is 21.3. The van der Waals surface area contributed by atoms with Gasteiger partial charge in [0, 0.05) is 29.1 Å². The third-order valence-electron chi connectivity index (χ3n) is 6.19. The number of nitrogens with two attached hydrogens (primary N) is 1. The predicted molar refractivity (Wildman–Crippen MR) is 148 cm³/mol. The van der Waals surface area contributed by atoms with Gasteiger partial charge < -0.3 is 16.4 Å². The molecule has 4 rings (SSSR count). The molecule has 1 saturated carbocycles. The van der Waals surface area contributed by atoms with Crippen molar-refractivity contribution in [3.63, 3.8) is 0 Å². The van der Waals surface area contributed by atoms with Gasteiger partial charge in [0.05, 0.1) is 21.4 Å². The molecule has 1 fully saturated rings. The first-order valence-corrected chi connectivity index (χ1v) is 12.8. The van der Waals surface area contributed by atoms with Crippen molar-refractivity contribution < 1.29 is 9.59 Å². The molecule has 186 valence electrons. The van der Waals surface area contributed by atoms with Crippen molar-refractivity contribution in [1.82, 2.24) is 5.32 Å². The van der Waals surface area contributed by atoms with Crippen LogP contribution in [-0.4, -0.2) is 24.1 Å². The molecule has 4 N–H and O–H groups in total. The fourth-order valence-corrected chi connectivity index (χ4v) is 4.43. The highest BCUT2D eigenvalue weighted by Gasteiger charge is 2.15. The number of carbonyl (C=O) groups excluding carboxylic acids is 2. The van der Waals surface area contributed by atoms with Crippen LogP contribution in [0, 0.1) is 0 Å². The Morgan fingerprint density at radius 3 is 2.22 bits per heavy atom. The lowest BCUT2D eigenvalue weighted by atomic mass is 10.1. The van der Waals surface area contributed by atoms with Crippen molar-refractivity contribution in [3.05, 3.63) is 87.4 Å². The first-order valence-electron chi connectivity index (χ1n) is 12.0. The number of nitrogens with one attached hydrogen (secondary N) is 2. The van der Waals surface area contributed by atoms with Gasteiger partial charge in [-0.25, -0.2) is 0 Å². The molecule has 0 radical (unpaired) electrons. The Morgan fingerprint density at radius 2 is 1.53 bits per heavy atom. The van der Waals surface area contributed by atoms with Crippen LogP contribution in [0.4, 0.5) is 17.1 Å². The lowest BCUT2D eigenvalue weighted by molar-refractivity contribution is 0.0932. The summed E-state index contributed by atoms with van der Waals surface area (Å²) < 4.78 is 0. The number of carbonyl (C=O) groups is 2. The van der Waals surface area contributed by atoms with Gasteiger partial charge in [-0.05, 0) is 66.9 Å². The van der Waals surface area contributed by atoms with E-state index < -0.39 is 0 Å². The molecule has 2 amide bonds. The van der Waals surface area contributed by atoms with Crippen LogP contribution in [0.2, 0.25) is 10.0 Å². The molecule has 3 aromatic carbocycles. The molecule has 36 heavy (non-hydrogen) atoms. The average Bonchev–Trinajstić information content (AvgIpc) is 3.15. The number of halogens is 2. The van der Waals surface area contributed by atoms with Crippen LogP contribution in [0.25, 0.3) is 0 Å². The number of anilines is 2. The van der Waals surface area contributed by atoms with Crippen molar-refractivity contribution >= 4 is 58.3 Å². The van der Waals surface area contributed by atoms with Crippen molar-refractivity contribution in [2.45, 2.75) is 44.6 Å². The summed E-state index contributed by atoms with van der Waals surface area (Å²) in [4.78, 5) is 29.7. The fourth-order valence-electron chi connectivity index (χ4n) is 4.13. The molecule has 1 aliphatic rings. The maximum absolute atomic E-state index is 12.6.